The van der Waals surface area contributed by atoms with Crippen molar-refractivity contribution in [2.24, 2.45) is 10.7 Å². The zero-order valence-electron chi connectivity index (χ0n) is 16.7. The van der Waals surface area contributed by atoms with Crippen LogP contribution in [0.3, 0.4) is 0 Å². The predicted octanol–water partition coefficient (Wildman–Crippen LogP) is 1.63. The van der Waals surface area contributed by atoms with E-state index in [1.807, 2.05) is 0 Å². The van der Waals surface area contributed by atoms with Crippen molar-refractivity contribution in [3.8, 4) is 11.3 Å². The van der Waals surface area contributed by atoms with Crippen molar-refractivity contribution in [3.05, 3.63) is 46.7 Å². The van der Waals surface area contributed by atoms with Gasteiger partial charge in [0.1, 0.15) is 11.5 Å². The second-order valence-corrected chi connectivity index (χ2v) is 7.83. The molecule has 0 aliphatic carbocycles. The van der Waals surface area contributed by atoms with Gasteiger partial charge in [-0.1, -0.05) is 12.1 Å². The smallest absolute Gasteiger partial charge is 0.383 e. The summed E-state index contributed by atoms with van der Waals surface area (Å²) in [5, 5.41) is 7.26. The number of anilines is 1. The summed E-state index contributed by atoms with van der Waals surface area (Å²) in [5.41, 5.74) is 6.34. The van der Waals surface area contributed by atoms with Crippen LogP contribution in [0.4, 0.5) is 18.3 Å². The van der Waals surface area contributed by atoms with Gasteiger partial charge in [0.25, 0.3) is 5.91 Å². The SMILES string of the molecule is CN1C(=O)C(NCC(=O)Nc2nc(-c3ccc(C(F)(F)F)cc3)cs2)=C(N)N2CCN=C12. The Bertz CT molecular complexity index is 1120. The molecule has 0 saturated carbocycles. The first kappa shape index (κ1) is 21.6. The van der Waals surface area contributed by atoms with Gasteiger partial charge < -0.3 is 16.4 Å². The number of likely N-dealkylation sites (N-methyl/N-ethyl adjacent to an activating group) is 1. The third kappa shape index (κ3) is 4.10. The number of hydrogen-bond donors (Lipinski definition) is 3. The molecule has 2 aliphatic rings. The van der Waals surface area contributed by atoms with E-state index in [9.17, 15) is 22.8 Å². The molecular formula is C19H18F3N7O2S. The van der Waals surface area contributed by atoms with Crippen LogP contribution in [0.25, 0.3) is 11.3 Å². The van der Waals surface area contributed by atoms with Crippen molar-refractivity contribution >= 4 is 34.2 Å². The highest BCUT2D eigenvalue weighted by Crippen LogP contribution is 2.31. The maximum atomic E-state index is 12.7. The molecule has 2 amide bonds. The standard InChI is InChI=1S/C19H18F3N7O2S/c1-28-16(31)14(15(23)29-7-6-24-18(28)29)25-8-13(30)27-17-26-12(9-32-17)10-2-4-11(5-3-10)19(20,21)22/h2-5,9,25H,6-8,23H2,1H3,(H,26,27,30). The number of nitrogens with zero attached hydrogens (tertiary/aromatic N) is 4. The number of benzene rings is 1. The summed E-state index contributed by atoms with van der Waals surface area (Å²) in [5.74, 6) is -0.182. The molecule has 0 atom stereocenters. The quantitative estimate of drug-likeness (QED) is 0.618. The van der Waals surface area contributed by atoms with Gasteiger partial charge in [0, 0.05) is 24.5 Å². The lowest BCUT2D eigenvalue weighted by atomic mass is 10.1. The average Bonchev–Trinajstić information content (AvgIpc) is 3.41. The lowest BCUT2D eigenvalue weighted by Gasteiger charge is -2.33. The topological polar surface area (TPSA) is 116 Å². The fourth-order valence-corrected chi connectivity index (χ4v) is 3.98. The van der Waals surface area contributed by atoms with E-state index in [0.717, 1.165) is 23.5 Å². The summed E-state index contributed by atoms with van der Waals surface area (Å²) in [7, 11) is 1.58. The van der Waals surface area contributed by atoms with Crippen molar-refractivity contribution in [1.29, 1.82) is 0 Å². The van der Waals surface area contributed by atoms with Gasteiger partial charge in [0.05, 0.1) is 24.3 Å². The minimum Gasteiger partial charge on any atom is -0.383 e. The van der Waals surface area contributed by atoms with E-state index < -0.39 is 23.6 Å². The summed E-state index contributed by atoms with van der Waals surface area (Å²) in [4.78, 5) is 36.3. The molecule has 0 unspecified atom stereocenters. The van der Waals surface area contributed by atoms with Gasteiger partial charge >= 0.3 is 6.18 Å². The lowest BCUT2D eigenvalue weighted by molar-refractivity contribution is -0.137. The number of carbonyl (C=O) groups is 2. The van der Waals surface area contributed by atoms with E-state index in [1.165, 1.54) is 17.0 Å². The number of amides is 2. The number of aromatic nitrogens is 1. The fourth-order valence-electron chi connectivity index (χ4n) is 3.25. The van der Waals surface area contributed by atoms with Crippen LogP contribution in [0.5, 0.6) is 0 Å². The Hall–Kier alpha value is -3.61. The number of hydrogen-bond acceptors (Lipinski definition) is 8. The van der Waals surface area contributed by atoms with E-state index in [2.05, 4.69) is 20.6 Å². The first-order valence-electron chi connectivity index (χ1n) is 9.42. The van der Waals surface area contributed by atoms with Gasteiger partial charge in [-0.05, 0) is 12.1 Å². The third-order valence-electron chi connectivity index (χ3n) is 4.87. The monoisotopic (exact) mass is 465 g/mol. The second-order valence-electron chi connectivity index (χ2n) is 6.97. The molecule has 9 nitrogen and oxygen atoms in total. The average molecular weight is 465 g/mol. The number of alkyl halides is 3. The molecular weight excluding hydrogens is 447 g/mol. The van der Waals surface area contributed by atoms with Crippen LogP contribution in [-0.4, -0.2) is 59.2 Å². The zero-order chi connectivity index (χ0) is 23.0. The number of guanidine groups is 1. The maximum absolute atomic E-state index is 12.7. The second kappa shape index (κ2) is 8.15. The molecule has 0 spiro atoms. The van der Waals surface area contributed by atoms with Crippen LogP contribution in [0.1, 0.15) is 5.56 Å². The Morgan fingerprint density at radius 2 is 2.00 bits per heavy atom. The number of nitrogens with one attached hydrogen (secondary N) is 2. The molecule has 2 aromatic rings. The minimum atomic E-state index is -4.41. The van der Waals surface area contributed by atoms with Gasteiger partial charge in [-0.2, -0.15) is 13.2 Å². The molecule has 4 N–H and O–H groups in total. The highest BCUT2D eigenvalue weighted by Gasteiger charge is 2.36. The molecule has 0 bridgehead atoms. The van der Waals surface area contributed by atoms with E-state index in [-0.39, 0.29) is 23.2 Å². The minimum absolute atomic E-state index is 0.105. The van der Waals surface area contributed by atoms with Crippen molar-refractivity contribution in [2.75, 3.05) is 32.0 Å². The van der Waals surface area contributed by atoms with Crippen LogP contribution in [0.15, 0.2) is 46.2 Å². The van der Waals surface area contributed by atoms with Crippen molar-refractivity contribution < 1.29 is 22.8 Å². The van der Waals surface area contributed by atoms with E-state index in [1.54, 1.807) is 17.3 Å². The Balaban J connectivity index is 1.38. The van der Waals surface area contributed by atoms with E-state index in [0.29, 0.717) is 30.3 Å². The zero-order valence-corrected chi connectivity index (χ0v) is 17.5. The molecule has 0 fully saturated rings. The molecule has 2 aliphatic heterocycles. The number of rotatable bonds is 5. The summed E-state index contributed by atoms with van der Waals surface area (Å²) in [6.45, 7) is 0.833. The molecule has 0 radical (unpaired) electrons. The number of carbonyl (C=O) groups excluding carboxylic acids is 2. The molecule has 3 heterocycles. The van der Waals surface area contributed by atoms with Gasteiger partial charge in [-0.25, -0.2) is 4.98 Å². The Labute approximate surface area is 184 Å². The van der Waals surface area contributed by atoms with E-state index in [4.69, 9.17) is 5.73 Å². The van der Waals surface area contributed by atoms with Crippen LogP contribution in [-0.2, 0) is 15.8 Å². The van der Waals surface area contributed by atoms with Gasteiger partial charge in [-0.3, -0.25) is 24.4 Å². The summed E-state index contributed by atoms with van der Waals surface area (Å²) < 4.78 is 38.1. The van der Waals surface area contributed by atoms with E-state index >= 15 is 0 Å². The first-order valence-corrected chi connectivity index (χ1v) is 10.3. The Morgan fingerprint density at radius 1 is 1.28 bits per heavy atom. The van der Waals surface area contributed by atoms with Crippen LogP contribution < -0.4 is 16.4 Å². The molecule has 4 rings (SSSR count). The van der Waals surface area contributed by atoms with Gasteiger partial charge in [0.15, 0.2) is 5.13 Å². The number of aliphatic imine (C=N–C) groups is 1. The Morgan fingerprint density at radius 3 is 2.69 bits per heavy atom. The number of nitrogens with two attached hydrogens (primary N) is 1. The normalized spacial score (nSPS) is 16.2. The number of thiazole rings is 1. The van der Waals surface area contributed by atoms with Crippen molar-refractivity contribution in [1.82, 2.24) is 20.1 Å². The van der Waals surface area contributed by atoms with Crippen LogP contribution >= 0.6 is 11.3 Å². The molecule has 13 heteroatoms. The molecule has 168 valence electrons. The summed E-state index contributed by atoms with van der Waals surface area (Å²) >= 11 is 1.13. The fraction of sp³-hybridized carbons (Fsp3) is 0.263. The molecule has 1 aromatic heterocycles. The molecule has 32 heavy (non-hydrogen) atoms. The van der Waals surface area contributed by atoms with Gasteiger partial charge in [0.2, 0.25) is 11.9 Å². The van der Waals surface area contributed by atoms with Crippen LogP contribution in [0, 0.1) is 0 Å². The number of halogens is 3. The Kier molecular flexibility index (Phi) is 5.50. The molecule has 0 saturated heterocycles. The lowest BCUT2D eigenvalue weighted by Crippen LogP contribution is -2.53. The first-order chi connectivity index (χ1) is 15.1. The molecule has 1 aromatic carbocycles. The highest BCUT2D eigenvalue weighted by molar-refractivity contribution is 7.14. The van der Waals surface area contributed by atoms with Crippen molar-refractivity contribution in [2.45, 2.75) is 6.18 Å². The third-order valence-corrected chi connectivity index (χ3v) is 5.63. The highest BCUT2D eigenvalue weighted by atomic mass is 32.1. The van der Waals surface area contributed by atoms with Crippen molar-refractivity contribution in [3.63, 3.8) is 0 Å². The predicted molar refractivity (Wildman–Crippen MR) is 112 cm³/mol. The van der Waals surface area contributed by atoms with Crippen LogP contribution in [0.2, 0.25) is 0 Å². The summed E-state index contributed by atoms with van der Waals surface area (Å²) in [6, 6.07) is 4.59. The maximum Gasteiger partial charge on any atom is 0.416 e. The largest absolute Gasteiger partial charge is 0.416 e. The number of fused-ring (bicyclic) bond motifs is 1. The summed E-state index contributed by atoms with van der Waals surface area (Å²) in [6.07, 6.45) is -4.41. The van der Waals surface area contributed by atoms with Gasteiger partial charge in [-0.15, -0.1) is 11.3 Å².